The average molecular weight is 444 g/mol. The molecule has 0 spiro atoms. The highest BCUT2D eigenvalue weighted by molar-refractivity contribution is 7.90. The van der Waals surface area contributed by atoms with Crippen molar-refractivity contribution in [1.82, 2.24) is 13.8 Å². The zero-order valence-corrected chi connectivity index (χ0v) is 18.7. The van der Waals surface area contributed by atoms with Crippen molar-refractivity contribution in [2.75, 3.05) is 33.2 Å². The maximum absolute atomic E-state index is 13.6. The van der Waals surface area contributed by atoms with E-state index in [9.17, 15) is 17.6 Å². The molecule has 0 bridgehead atoms. The van der Waals surface area contributed by atoms with Crippen molar-refractivity contribution in [1.29, 1.82) is 0 Å². The highest BCUT2D eigenvalue weighted by atomic mass is 32.2. The molecule has 4 rings (SSSR count). The third kappa shape index (κ3) is 3.97. The molecular formula is C23H26FN3O3S. The lowest BCUT2D eigenvalue weighted by Gasteiger charge is -2.32. The molecule has 1 amide bonds. The summed E-state index contributed by atoms with van der Waals surface area (Å²) in [7, 11) is -2.11. The maximum Gasteiger partial charge on any atom is 0.271 e. The summed E-state index contributed by atoms with van der Waals surface area (Å²) in [6, 6.07) is 11.9. The van der Waals surface area contributed by atoms with E-state index in [0.29, 0.717) is 24.0 Å². The largest absolute Gasteiger partial charge is 0.335 e. The summed E-state index contributed by atoms with van der Waals surface area (Å²) in [5.41, 5.74) is 1.60. The molecule has 0 atom stereocenters. The minimum atomic E-state index is -4.11. The number of carbonyl (C=O) groups excluding carboxylic acids is 1. The Kier molecular flexibility index (Phi) is 5.61. The van der Waals surface area contributed by atoms with E-state index in [-0.39, 0.29) is 22.4 Å². The second-order valence-electron chi connectivity index (χ2n) is 8.32. The van der Waals surface area contributed by atoms with Crippen molar-refractivity contribution in [2.45, 2.75) is 24.7 Å². The van der Waals surface area contributed by atoms with Gasteiger partial charge in [0.2, 0.25) is 0 Å². The molecule has 0 saturated carbocycles. The maximum atomic E-state index is 13.6. The van der Waals surface area contributed by atoms with Gasteiger partial charge in [-0.05, 0) is 61.0 Å². The van der Waals surface area contributed by atoms with Gasteiger partial charge in [0.1, 0.15) is 11.5 Å². The van der Waals surface area contributed by atoms with Crippen LogP contribution in [0.3, 0.4) is 0 Å². The van der Waals surface area contributed by atoms with Crippen LogP contribution in [0.1, 0.15) is 35.8 Å². The summed E-state index contributed by atoms with van der Waals surface area (Å²) in [6.07, 6.45) is 0. The highest BCUT2D eigenvalue weighted by Gasteiger charge is 2.30. The van der Waals surface area contributed by atoms with Crippen molar-refractivity contribution in [2.24, 2.45) is 0 Å². The average Bonchev–Trinajstić information content (AvgIpc) is 3.13. The Morgan fingerprint density at radius 2 is 1.61 bits per heavy atom. The summed E-state index contributed by atoms with van der Waals surface area (Å²) in [6.45, 7) is 6.64. The predicted molar refractivity (Wildman–Crippen MR) is 118 cm³/mol. The van der Waals surface area contributed by atoms with Gasteiger partial charge in [-0.3, -0.25) is 4.79 Å². The summed E-state index contributed by atoms with van der Waals surface area (Å²) < 4.78 is 41.6. The number of hydrogen-bond acceptors (Lipinski definition) is 4. The van der Waals surface area contributed by atoms with Crippen LogP contribution in [0.15, 0.2) is 53.4 Å². The van der Waals surface area contributed by atoms with Gasteiger partial charge in [-0.1, -0.05) is 19.9 Å². The SMILES string of the molecule is CC(C)c1ccc2c(c1)cc(C(=O)N1CCN(C)CC1)n2S(=O)(=O)c1ccc(F)cc1. The van der Waals surface area contributed by atoms with E-state index in [0.717, 1.165) is 34.8 Å². The molecule has 0 N–H and O–H groups in total. The van der Waals surface area contributed by atoms with E-state index in [1.165, 1.54) is 12.1 Å². The highest BCUT2D eigenvalue weighted by Crippen LogP contribution is 2.29. The number of carbonyl (C=O) groups is 1. The molecule has 3 aromatic rings. The number of piperazine rings is 1. The number of aromatic nitrogens is 1. The molecule has 0 unspecified atom stereocenters. The molecule has 1 saturated heterocycles. The Morgan fingerprint density at radius 1 is 0.968 bits per heavy atom. The molecule has 1 aliphatic heterocycles. The Balaban J connectivity index is 1.90. The molecule has 0 radical (unpaired) electrons. The van der Waals surface area contributed by atoms with Crippen molar-refractivity contribution < 1.29 is 17.6 Å². The summed E-state index contributed by atoms with van der Waals surface area (Å²) in [5.74, 6) is -0.578. The van der Waals surface area contributed by atoms with Crippen LogP contribution in [0.5, 0.6) is 0 Å². The molecule has 6 nitrogen and oxygen atoms in total. The second kappa shape index (κ2) is 8.09. The van der Waals surface area contributed by atoms with Crippen LogP contribution in [0.4, 0.5) is 4.39 Å². The number of hydrogen-bond donors (Lipinski definition) is 0. The first-order chi connectivity index (χ1) is 14.7. The van der Waals surface area contributed by atoms with Crippen molar-refractivity contribution in [3.63, 3.8) is 0 Å². The molecule has 2 aromatic carbocycles. The normalized spacial score (nSPS) is 15.7. The zero-order chi connectivity index (χ0) is 22.3. The van der Waals surface area contributed by atoms with Crippen LogP contribution in [0.2, 0.25) is 0 Å². The van der Waals surface area contributed by atoms with E-state index in [1.807, 2.05) is 19.2 Å². The Labute approximate surface area is 181 Å². The fourth-order valence-corrected chi connectivity index (χ4v) is 5.37. The first-order valence-corrected chi connectivity index (χ1v) is 11.8. The van der Waals surface area contributed by atoms with Gasteiger partial charge in [0.05, 0.1) is 10.4 Å². The van der Waals surface area contributed by atoms with Crippen LogP contribution in [-0.4, -0.2) is 61.3 Å². The van der Waals surface area contributed by atoms with Crippen LogP contribution in [0, 0.1) is 5.82 Å². The molecular weight excluding hydrogens is 417 g/mol. The lowest BCUT2D eigenvalue weighted by molar-refractivity contribution is 0.0657. The van der Waals surface area contributed by atoms with Gasteiger partial charge in [-0.15, -0.1) is 0 Å². The molecule has 8 heteroatoms. The van der Waals surface area contributed by atoms with Crippen LogP contribution >= 0.6 is 0 Å². The van der Waals surface area contributed by atoms with E-state index < -0.39 is 15.8 Å². The van der Waals surface area contributed by atoms with Crippen molar-refractivity contribution >= 4 is 26.8 Å². The summed E-state index contributed by atoms with van der Waals surface area (Å²) in [4.78, 5) is 17.2. The fourth-order valence-electron chi connectivity index (χ4n) is 3.86. The molecule has 2 heterocycles. The summed E-state index contributed by atoms with van der Waals surface area (Å²) in [5, 5.41) is 0.689. The molecule has 164 valence electrons. The molecule has 0 aliphatic carbocycles. The van der Waals surface area contributed by atoms with Crippen LogP contribution in [-0.2, 0) is 10.0 Å². The first-order valence-electron chi connectivity index (χ1n) is 10.3. The fraction of sp³-hybridized carbons (Fsp3) is 0.348. The standard InChI is InChI=1S/C23H26FN3O3S/c1-16(2)17-4-9-21-18(14-17)15-22(23(28)26-12-10-25(3)11-13-26)27(21)31(29,30)20-7-5-19(24)6-8-20/h4-9,14-16H,10-13H2,1-3H3. The first kappa shape index (κ1) is 21.5. The molecule has 1 fully saturated rings. The van der Waals surface area contributed by atoms with Crippen molar-refractivity contribution in [3.05, 3.63) is 65.6 Å². The number of nitrogens with zero attached hydrogens (tertiary/aromatic N) is 3. The van der Waals surface area contributed by atoms with E-state index in [4.69, 9.17) is 0 Å². The minimum Gasteiger partial charge on any atom is -0.335 e. The van der Waals surface area contributed by atoms with E-state index in [1.54, 1.807) is 17.0 Å². The lowest BCUT2D eigenvalue weighted by Crippen LogP contribution is -2.47. The minimum absolute atomic E-state index is 0.0632. The predicted octanol–water partition coefficient (Wildman–Crippen LogP) is 3.53. The zero-order valence-electron chi connectivity index (χ0n) is 17.9. The van der Waals surface area contributed by atoms with Gasteiger partial charge in [0, 0.05) is 31.6 Å². The van der Waals surface area contributed by atoms with Crippen molar-refractivity contribution in [3.8, 4) is 0 Å². The Bertz CT molecular complexity index is 1220. The van der Waals surface area contributed by atoms with Gasteiger partial charge < -0.3 is 9.80 Å². The van der Waals surface area contributed by atoms with Gasteiger partial charge in [-0.25, -0.2) is 16.8 Å². The number of likely N-dealkylation sites (N-methyl/N-ethyl adjacent to an activating group) is 1. The van der Waals surface area contributed by atoms with Crippen LogP contribution < -0.4 is 0 Å². The van der Waals surface area contributed by atoms with Gasteiger partial charge in [0.15, 0.2) is 0 Å². The Morgan fingerprint density at radius 3 is 2.23 bits per heavy atom. The smallest absolute Gasteiger partial charge is 0.271 e. The Hall–Kier alpha value is -2.71. The molecule has 1 aliphatic rings. The molecule has 1 aromatic heterocycles. The van der Waals surface area contributed by atoms with Gasteiger partial charge >= 0.3 is 0 Å². The quantitative estimate of drug-likeness (QED) is 0.619. The number of rotatable bonds is 4. The topological polar surface area (TPSA) is 62.6 Å². The van der Waals surface area contributed by atoms with Gasteiger partial charge in [-0.2, -0.15) is 0 Å². The second-order valence-corrected chi connectivity index (χ2v) is 10.1. The summed E-state index contributed by atoms with van der Waals surface area (Å²) >= 11 is 0. The van der Waals surface area contributed by atoms with Crippen LogP contribution in [0.25, 0.3) is 10.9 Å². The monoisotopic (exact) mass is 443 g/mol. The van der Waals surface area contributed by atoms with E-state index >= 15 is 0 Å². The third-order valence-electron chi connectivity index (χ3n) is 5.81. The van der Waals surface area contributed by atoms with E-state index in [2.05, 4.69) is 18.7 Å². The number of fused-ring (bicyclic) bond motifs is 1. The number of amides is 1. The third-order valence-corrected chi connectivity index (χ3v) is 7.55. The number of halogens is 1. The number of benzene rings is 2. The lowest BCUT2D eigenvalue weighted by atomic mass is 10.0. The molecule has 31 heavy (non-hydrogen) atoms. The van der Waals surface area contributed by atoms with Gasteiger partial charge in [0.25, 0.3) is 15.9 Å².